The standard InChI is InChI=1S/C13H25NO2/c1-3-9-16-11-13(15)10-14(2)12-7-5-4-6-8-12/h3,12-13,15H,1,4-11H2,2H3. The molecule has 94 valence electrons. The third-order valence-corrected chi connectivity index (χ3v) is 3.24. The highest BCUT2D eigenvalue weighted by Gasteiger charge is 2.19. The minimum atomic E-state index is -0.383. The fourth-order valence-corrected chi connectivity index (χ4v) is 2.34. The zero-order valence-electron chi connectivity index (χ0n) is 10.4. The van der Waals surface area contributed by atoms with Crippen molar-refractivity contribution in [2.24, 2.45) is 0 Å². The number of rotatable bonds is 7. The summed E-state index contributed by atoms with van der Waals surface area (Å²) in [4.78, 5) is 2.28. The summed E-state index contributed by atoms with van der Waals surface area (Å²) in [6.45, 7) is 5.21. The average molecular weight is 227 g/mol. The third-order valence-electron chi connectivity index (χ3n) is 3.24. The van der Waals surface area contributed by atoms with Gasteiger partial charge in [0.05, 0.1) is 19.3 Å². The zero-order valence-corrected chi connectivity index (χ0v) is 10.4. The first-order chi connectivity index (χ1) is 7.74. The minimum Gasteiger partial charge on any atom is -0.389 e. The summed E-state index contributed by atoms with van der Waals surface area (Å²) in [7, 11) is 2.10. The number of likely N-dealkylation sites (N-methyl/N-ethyl adjacent to an activating group) is 1. The van der Waals surface area contributed by atoms with Crippen molar-refractivity contribution < 1.29 is 9.84 Å². The molecule has 0 spiro atoms. The Hall–Kier alpha value is -0.380. The van der Waals surface area contributed by atoms with Gasteiger partial charge in [0, 0.05) is 12.6 Å². The van der Waals surface area contributed by atoms with Crippen LogP contribution in [-0.2, 0) is 4.74 Å². The first kappa shape index (κ1) is 13.7. The number of aliphatic hydroxyl groups excluding tert-OH is 1. The molecule has 0 aromatic heterocycles. The number of nitrogens with zero attached hydrogens (tertiary/aromatic N) is 1. The van der Waals surface area contributed by atoms with E-state index in [0.717, 1.165) is 0 Å². The van der Waals surface area contributed by atoms with Crippen molar-refractivity contribution in [2.45, 2.75) is 44.2 Å². The molecule has 16 heavy (non-hydrogen) atoms. The van der Waals surface area contributed by atoms with Gasteiger partial charge >= 0.3 is 0 Å². The molecular formula is C13H25NO2. The second-order valence-electron chi connectivity index (χ2n) is 4.71. The quantitative estimate of drug-likeness (QED) is 0.532. The lowest BCUT2D eigenvalue weighted by atomic mass is 9.94. The van der Waals surface area contributed by atoms with Crippen molar-refractivity contribution in [3.8, 4) is 0 Å². The molecule has 1 fully saturated rings. The average Bonchev–Trinajstić information content (AvgIpc) is 2.30. The van der Waals surface area contributed by atoms with E-state index in [-0.39, 0.29) is 6.10 Å². The van der Waals surface area contributed by atoms with E-state index >= 15 is 0 Å². The zero-order chi connectivity index (χ0) is 11.8. The number of ether oxygens (including phenoxy) is 1. The summed E-state index contributed by atoms with van der Waals surface area (Å²) in [6, 6.07) is 0.655. The fraction of sp³-hybridized carbons (Fsp3) is 0.846. The smallest absolute Gasteiger partial charge is 0.0900 e. The van der Waals surface area contributed by atoms with Crippen molar-refractivity contribution in [1.29, 1.82) is 0 Å². The Balaban J connectivity index is 2.15. The predicted octanol–water partition coefficient (Wildman–Crippen LogP) is 1.81. The van der Waals surface area contributed by atoms with Gasteiger partial charge in [0.15, 0.2) is 0 Å². The van der Waals surface area contributed by atoms with Gasteiger partial charge in [-0.25, -0.2) is 0 Å². The molecule has 0 bridgehead atoms. The Morgan fingerprint density at radius 3 is 2.75 bits per heavy atom. The molecule has 0 amide bonds. The van der Waals surface area contributed by atoms with E-state index in [1.807, 2.05) is 0 Å². The van der Waals surface area contributed by atoms with Crippen LogP contribution in [0.15, 0.2) is 12.7 Å². The normalized spacial score (nSPS) is 19.9. The molecule has 0 heterocycles. The van der Waals surface area contributed by atoms with Crippen LogP contribution in [0.1, 0.15) is 32.1 Å². The molecule has 3 nitrogen and oxygen atoms in total. The van der Waals surface area contributed by atoms with Crippen LogP contribution in [0.25, 0.3) is 0 Å². The van der Waals surface area contributed by atoms with E-state index in [1.165, 1.54) is 32.1 Å². The Labute approximate surface area is 99.1 Å². The molecule has 1 saturated carbocycles. The molecule has 3 heteroatoms. The van der Waals surface area contributed by atoms with Crippen LogP contribution < -0.4 is 0 Å². The Morgan fingerprint density at radius 2 is 2.12 bits per heavy atom. The molecule has 1 aliphatic carbocycles. The fourth-order valence-electron chi connectivity index (χ4n) is 2.34. The van der Waals surface area contributed by atoms with Gasteiger partial charge in [0.1, 0.15) is 0 Å². The van der Waals surface area contributed by atoms with Crippen LogP contribution in [0.3, 0.4) is 0 Å². The van der Waals surface area contributed by atoms with E-state index in [2.05, 4.69) is 18.5 Å². The molecule has 0 saturated heterocycles. The van der Waals surface area contributed by atoms with E-state index in [4.69, 9.17) is 4.74 Å². The summed E-state index contributed by atoms with van der Waals surface area (Å²) in [6.07, 6.45) is 7.91. The van der Waals surface area contributed by atoms with Crippen LogP contribution in [0.5, 0.6) is 0 Å². The first-order valence-corrected chi connectivity index (χ1v) is 6.31. The monoisotopic (exact) mass is 227 g/mol. The highest BCUT2D eigenvalue weighted by molar-refractivity contribution is 4.75. The highest BCUT2D eigenvalue weighted by atomic mass is 16.5. The molecule has 0 radical (unpaired) electrons. The second kappa shape index (κ2) is 7.82. The maximum absolute atomic E-state index is 9.78. The van der Waals surface area contributed by atoms with Crippen molar-refractivity contribution in [2.75, 3.05) is 26.8 Å². The lowest BCUT2D eigenvalue weighted by molar-refractivity contribution is 0.0197. The maximum Gasteiger partial charge on any atom is 0.0900 e. The van der Waals surface area contributed by atoms with Gasteiger partial charge in [-0.2, -0.15) is 0 Å². The molecule has 0 aromatic carbocycles. The Bertz CT molecular complexity index is 190. The third kappa shape index (κ3) is 5.10. The number of hydrogen-bond donors (Lipinski definition) is 1. The SMILES string of the molecule is C=CCOCC(O)CN(C)C1CCCCC1. The first-order valence-electron chi connectivity index (χ1n) is 6.31. The summed E-state index contributed by atoms with van der Waals surface area (Å²) in [5.41, 5.74) is 0. The van der Waals surface area contributed by atoms with Crippen LogP contribution >= 0.6 is 0 Å². The van der Waals surface area contributed by atoms with E-state index in [0.29, 0.717) is 25.8 Å². The Morgan fingerprint density at radius 1 is 1.44 bits per heavy atom. The van der Waals surface area contributed by atoms with Gasteiger partial charge < -0.3 is 14.7 Å². The molecule has 0 aromatic rings. The van der Waals surface area contributed by atoms with Gasteiger partial charge in [-0.3, -0.25) is 0 Å². The van der Waals surface area contributed by atoms with Gasteiger partial charge in [-0.05, 0) is 19.9 Å². The number of aliphatic hydroxyl groups is 1. The molecule has 1 atom stereocenters. The highest BCUT2D eigenvalue weighted by Crippen LogP contribution is 2.21. The van der Waals surface area contributed by atoms with Crippen molar-refractivity contribution >= 4 is 0 Å². The predicted molar refractivity (Wildman–Crippen MR) is 66.5 cm³/mol. The second-order valence-corrected chi connectivity index (χ2v) is 4.71. The van der Waals surface area contributed by atoms with E-state index in [9.17, 15) is 5.11 Å². The van der Waals surface area contributed by atoms with Crippen molar-refractivity contribution in [3.05, 3.63) is 12.7 Å². The van der Waals surface area contributed by atoms with Crippen LogP contribution in [0.2, 0.25) is 0 Å². The molecular weight excluding hydrogens is 202 g/mol. The van der Waals surface area contributed by atoms with Crippen molar-refractivity contribution in [1.82, 2.24) is 4.90 Å². The van der Waals surface area contributed by atoms with Crippen LogP contribution in [0.4, 0.5) is 0 Å². The molecule has 1 N–H and O–H groups in total. The van der Waals surface area contributed by atoms with Crippen LogP contribution in [-0.4, -0.2) is 49.0 Å². The summed E-state index contributed by atoms with van der Waals surface area (Å²) in [5, 5.41) is 9.78. The minimum absolute atomic E-state index is 0.383. The molecule has 1 aliphatic rings. The van der Waals surface area contributed by atoms with Gasteiger partial charge in [-0.15, -0.1) is 6.58 Å². The maximum atomic E-state index is 9.78. The summed E-state index contributed by atoms with van der Waals surface area (Å²) >= 11 is 0. The Kier molecular flexibility index (Phi) is 6.69. The summed E-state index contributed by atoms with van der Waals surface area (Å²) in [5.74, 6) is 0. The van der Waals surface area contributed by atoms with Gasteiger partial charge in [-0.1, -0.05) is 25.3 Å². The lowest BCUT2D eigenvalue weighted by Crippen LogP contribution is -2.40. The summed E-state index contributed by atoms with van der Waals surface area (Å²) < 4.78 is 5.24. The van der Waals surface area contributed by atoms with E-state index in [1.54, 1.807) is 6.08 Å². The largest absolute Gasteiger partial charge is 0.389 e. The lowest BCUT2D eigenvalue weighted by Gasteiger charge is -2.32. The van der Waals surface area contributed by atoms with Gasteiger partial charge in [0.2, 0.25) is 0 Å². The molecule has 1 rings (SSSR count). The number of hydrogen-bond acceptors (Lipinski definition) is 3. The topological polar surface area (TPSA) is 32.7 Å². The van der Waals surface area contributed by atoms with Gasteiger partial charge in [0.25, 0.3) is 0 Å². The molecule has 0 aliphatic heterocycles. The van der Waals surface area contributed by atoms with Crippen LogP contribution in [0, 0.1) is 0 Å². The van der Waals surface area contributed by atoms with Crippen molar-refractivity contribution in [3.63, 3.8) is 0 Å². The van der Waals surface area contributed by atoms with E-state index < -0.39 is 0 Å². The molecule has 1 unspecified atom stereocenters.